The van der Waals surface area contributed by atoms with Crippen LogP contribution in [0.15, 0.2) is 0 Å². The highest BCUT2D eigenvalue weighted by atomic mass is 16.2. The molecule has 0 aromatic rings. The van der Waals surface area contributed by atoms with E-state index < -0.39 is 0 Å². The van der Waals surface area contributed by atoms with Crippen LogP contribution in [0, 0.1) is 0 Å². The first kappa shape index (κ1) is 14.0. The molecular weight excluding hydrogens is 218 g/mol. The quantitative estimate of drug-likeness (QED) is 0.741. The van der Waals surface area contributed by atoms with Crippen molar-refractivity contribution in [1.29, 1.82) is 0 Å². The van der Waals surface area contributed by atoms with Gasteiger partial charge in [-0.05, 0) is 33.5 Å². The van der Waals surface area contributed by atoms with Gasteiger partial charge in [0, 0.05) is 19.5 Å². The fourth-order valence-corrected chi connectivity index (χ4v) is 1.97. The Morgan fingerprint density at radius 3 is 2.71 bits per heavy atom. The minimum atomic E-state index is -0.329. The summed E-state index contributed by atoms with van der Waals surface area (Å²) in [5.74, 6) is 0.0532. The Hall–Kier alpha value is -1.10. The monoisotopic (exact) mass is 241 g/mol. The van der Waals surface area contributed by atoms with Gasteiger partial charge in [0.05, 0.1) is 0 Å². The maximum Gasteiger partial charge on any atom is 0.245 e. The maximum absolute atomic E-state index is 12.1. The minimum Gasteiger partial charge on any atom is -0.344 e. The average Bonchev–Trinajstić information content (AvgIpc) is 2.40. The normalized spacial score (nSPS) is 21.6. The molecule has 1 aliphatic rings. The molecule has 1 saturated heterocycles. The lowest BCUT2D eigenvalue weighted by Gasteiger charge is -2.24. The molecule has 1 unspecified atom stereocenters. The molecule has 0 aliphatic carbocycles. The summed E-state index contributed by atoms with van der Waals surface area (Å²) in [6.45, 7) is 4.17. The molecule has 2 amide bonds. The topological polar surface area (TPSA) is 52.7 Å². The van der Waals surface area contributed by atoms with Gasteiger partial charge in [0.1, 0.15) is 6.04 Å². The van der Waals surface area contributed by atoms with Crippen molar-refractivity contribution < 1.29 is 9.59 Å². The second-order valence-electron chi connectivity index (χ2n) is 4.76. The fourth-order valence-electron chi connectivity index (χ4n) is 1.97. The van der Waals surface area contributed by atoms with E-state index in [1.165, 1.54) is 0 Å². The molecule has 1 rings (SSSR count). The zero-order valence-electron chi connectivity index (χ0n) is 11.0. The fraction of sp³-hybridized carbons (Fsp3) is 0.833. The Kier molecular flexibility index (Phi) is 5.41. The number of carbonyl (C=O) groups is 2. The van der Waals surface area contributed by atoms with E-state index in [1.54, 1.807) is 0 Å². The summed E-state index contributed by atoms with van der Waals surface area (Å²) in [5.41, 5.74) is 0. The third-order valence-corrected chi connectivity index (χ3v) is 3.00. The van der Waals surface area contributed by atoms with Gasteiger partial charge in [-0.2, -0.15) is 0 Å². The van der Waals surface area contributed by atoms with Gasteiger partial charge in [0.25, 0.3) is 0 Å². The standard InChI is InChI=1S/C12H23N3O2/c1-4-10-12(17)15(8-5-7-14(2)3)9-6-11(16)13-10/h10H,4-9H2,1-3H3,(H,13,16). The van der Waals surface area contributed by atoms with E-state index in [4.69, 9.17) is 0 Å². The predicted molar refractivity (Wildman–Crippen MR) is 66.6 cm³/mol. The van der Waals surface area contributed by atoms with Gasteiger partial charge in [0.15, 0.2) is 0 Å². The van der Waals surface area contributed by atoms with Crippen LogP contribution in [-0.2, 0) is 9.59 Å². The first-order valence-electron chi connectivity index (χ1n) is 6.27. The van der Waals surface area contributed by atoms with Gasteiger partial charge in [-0.15, -0.1) is 0 Å². The summed E-state index contributed by atoms with van der Waals surface area (Å²) in [6.07, 6.45) is 2.03. The zero-order valence-corrected chi connectivity index (χ0v) is 11.0. The Bertz CT molecular complexity index is 279. The molecule has 0 saturated carbocycles. The van der Waals surface area contributed by atoms with Crippen LogP contribution < -0.4 is 5.32 Å². The number of amides is 2. The minimum absolute atomic E-state index is 0.0136. The van der Waals surface area contributed by atoms with Crippen LogP contribution in [0.25, 0.3) is 0 Å². The van der Waals surface area contributed by atoms with Crippen LogP contribution in [0.4, 0.5) is 0 Å². The third-order valence-electron chi connectivity index (χ3n) is 3.00. The second-order valence-corrected chi connectivity index (χ2v) is 4.76. The molecule has 1 fully saturated rings. The highest BCUT2D eigenvalue weighted by molar-refractivity contribution is 5.89. The Morgan fingerprint density at radius 2 is 2.12 bits per heavy atom. The zero-order chi connectivity index (χ0) is 12.8. The van der Waals surface area contributed by atoms with E-state index >= 15 is 0 Å². The van der Waals surface area contributed by atoms with Crippen molar-refractivity contribution in [3.05, 3.63) is 0 Å². The second kappa shape index (κ2) is 6.59. The van der Waals surface area contributed by atoms with Crippen molar-refractivity contribution >= 4 is 11.8 Å². The molecule has 0 spiro atoms. The SMILES string of the molecule is CCC1NC(=O)CCN(CCCN(C)C)C1=O. The molecular formula is C12H23N3O2. The van der Waals surface area contributed by atoms with Crippen molar-refractivity contribution in [2.24, 2.45) is 0 Å². The molecule has 0 radical (unpaired) electrons. The van der Waals surface area contributed by atoms with Crippen LogP contribution >= 0.6 is 0 Å². The molecule has 0 aromatic heterocycles. The molecule has 0 bridgehead atoms. The van der Waals surface area contributed by atoms with Crippen molar-refractivity contribution in [2.45, 2.75) is 32.2 Å². The molecule has 5 heteroatoms. The first-order chi connectivity index (χ1) is 8.04. The van der Waals surface area contributed by atoms with Crippen molar-refractivity contribution in [1.82, 2.24) is 15.1 Å². The van der Waals surface area contributed by atoms with Gasteiger partial charge in [-0.3, -0.25) is 9.59 Å². The molecule has 5 nitrogen and oxygen atoms in total. The van der Waals surface area contributed by atoms with Gasteiger partial charge >= 0.3 is 0 Å². The van der Waals surface area contributed by atoms with Crippen LogP contribution in [0.3, 0.4) is 0 Å². The number of hydrogen-bond donors (Lipinski definition) is 1. The number of rotatable bonds is 5. The molecule has 17 heavy (non-hydrogen) atoms. The van der Waals surface area contributed by atoms with Crippen LogP contribution in [0.5, 0.6) is 0 Å². The van der Waals surface area contributed by atoms with Gasteiger partial charge in [-0.1, -0.05) is 6.92 Å². The van der Waals surface area contributed by atoms with Crippen molar-refractivity contribution in [2.75, 3.05) is 33.7 Å². The van der Waals surface area contributed by atoms with E-state index in [0.717, 1.165) is 19.5 Å². The van der Waals surface area contributed by atoms with E-state index in [-0.39, 0.29) is 17.9 Å². The lowest BCUT2D eigenvalue weighted by Crippen LogP contribution is -2.44. The largest absolute Gasteiger partial charge is 0.344 e. The summed E-state index contributed by atoms with van der Waals surface area (Å²) >= 11 is 0. The lowest BCUT2D eigenvalue weighted by molar-refractivity contribution is -0.133. The van der Waals surface area contributed by atoms with Crippen molar-refractivity contribution in [3.8, 4) is 0 Å². The van der Waals surface area contributed by atoms with Gasteiger partial charge in [-0.25, -0.2) is 0 Å². The Morgan fingerprint density at radius 1 is 1.41 bits per heavy atom. The predicted octanol–water partition coefficient (Wildman–Crippen LogP) is 0.0652. The molecule has 1 atom stereocenters. The Labute approximate surface area is 103 Å². The van der Waals surface area contributed by atoms with E-state index in [1.807, 2.05) is 25.9 Å². The number of nitrogens with one attached hydrogen (secondary N) is 1. The molecule has 1 heterocycles. The molecule has 0 aromatic carbocycles. The smallest absolute Gasteiger partial charge is 0.245 e. The summed E-state index contributed by atoms with van der Waals surface area (Å²) in [5, 5.41) is 2.77. The number of hydrogen-bond acceptors (Lipinski definition) is 3. The summed E-state index contributed by atoms with van der Waals surface area (Å²) in [4.78, 5) is 27.4. The Balaban J connectivity index is 2.51. The van der Waals surface area contributed by atoms with Crippen LogP contribution in [0.1, 0.15) is 26.2 Å². The highest BCUT2D eigenvalue weighted by Gasteiger charge is 2.27. The third kappa shape index (κ3) is 4.34. The molecule has 1 aliphatic heterocycles. The van der Waals surface area contributed by atoms with E-state index in [0.29, 0.717) is 19.4 Å². The van der Waals surface area contributed by atoms with Gasteiger partial charge < -0.3 is 15.1 Å². The first-order valence-corrected chi connectivity index (χ1v) is 6.27. The summed E-state index contributed by atoms with van der Waals surface area (Å²) in [6, 6.07) is -0.329. The highest BCUT2D eigenvalue weighted by Crippen LogP contribution is 2.07. The molecule has 98 valence electrons. The van der Waals surface area contributed by atoms with E-state index in [2.05, 4.69) is 10.2 Å². The lowest BCUT2D eigenvalue weighted by atomic mass is 10.2. The van der Waals surface area contributed by atoms with Crippen LogP contribution in [-0.4, -0.2) is 61.4 Å². The van der Waals surface area contributed by atoms with Crippen molar-refractivity contribution in [3.63, 3.8) is 0 Å². The molecule has 1 N–H and O–H groups in total. The average molecular weight is 241 g/mol. The number of nitrogens with zero attached hydrogens (tertiary/aromatic N) is 2. The maximum atomic E-state index is 12.1. The number of carbonyl (C=O) groups excluding carboxylic acids is 2. The van der Waals surface area contributed by atoms with E-state index in [9.17, 15) is 9.59 Å². The van der Waals surface area contributed by atoms with Gasteiger partial charge in [0.2, 0.25) is 11.8 Å². The summed E-state index contributed by atoms with van der Waals surface area (Å²) in [7, 11) is 4.04. The summed E-state index contributed by atoms with van der Waals surface area (Å²) < 4.78 is 0. The van der Waals surface area contributed by atoms with Crippen LogP contribution in [0.2, 0.25) is 0 Å².